The first-order valence-corrected chi connectivity index (χ1v) is 6.60. The van der Waals surface area contributed by atoms with Gasteiger partial charge in [-0.05, 0) is 23.0 Å². The molecule has 1 aromatic heterocycles. The Kier molecular flexibility index (Phi) is 3.85. The first-order chi connectivity index (χ1) is 8.56. The maximum Gasteiger partial charge on any atom is 0.141 e. The zero-order valence-corrected chi connectivity index (χ0v) is 11.6. The van der Waals surface area contributed by atoms with E-state index in [0.29, 0.717) is 11.8 Å². The molecule has 0 radical (unpaired) electrons. The van der Waals surface area contributed by atoms with Crippen LogP contribution in [0.15, 0.2) is 34.9 Å². The number of hydrogen-bond acceptors (Lipinski definition) is 2. The van der Waals surface area contributed by atoms with Gasteiger partial charge in [-0.3, -0.25) is 0 Å². The van der Waals surface area contributed by atoms with Crippen molar-refractivity contribution in [2.75, 3.05) is 0 Å². The summed E-state index contributed by atoms with van der Waals surface area (Å²) in [5.74, 6) is 1.93. The maximum absolute atomic E-state index is 5.38. The van der Waals surface area contributed by atoms with E-state index in [1.165, 1.54) is 11.1 Å². The molecule has 0 atom stereocenters. The normalized spacial score (nSPS) is 11.4. The van der Waals surface area contributed by atoms with Gasteiger partial charge in [0.25, 0.3) is 0 Å². The first-order valence-electron chi connectivity index (χ1n) is 6.60. The van der Waals surface area contributed by atoms with E-state index in [4.69, 9.17) is 4.52 Å². The van der Waals surface area contributed by atoms with Crippen molar-refractivity contribution >= 4 is 0 Å². The van der Waals surface area contributed by atoms with E-state index in [9.17, 15) is 0 Å². The van der Waals surface area contributed by atoms with E-state index in [1.54, 1.807) is 0 Å². The van der Waals surface area contributed by atoms with E-state index in [0.717, 1.165) is 17.9 Å². The number of nitrogens with zero attached hydrogens (tertiary/aromatic N) is 1. The van der Waals surface area contributed by atoms with Crippen molar-refractivity contribution in [3.05, 3.63) is 52.9 Å². The summed E-state index contributed by atoms with van der Waals surface area (Å²) in [6, 6.07) is 10.7. The molecule has 0 bridgehead atoms. The summed E-state index contributed by atoms with van der Waals surface area (Å²) in [6.45, 7) is 8.68. The molecule has 0 amide bonds. The second kappa shape index (κ2) is 5.38. The highest BCUT2D eigenvalue weighted by atomic mass is 16.5. The summed E-state index contributed by atoms with van der Waals surface area (Å²) in [5.41, 5.74) is 3.69. The Balaban J connectivity index is 2.15. The molecule has 18 heavy (non-hydrogen) atoms. The summed E-state index contributed by atoms with van der Waals surface area (Å²) in [6.07, 6.45) is 0.820. The van der Waals surface area contributed by atoms with Crippen LogP contribution in [0, 0.1) is 0 Å². The van der Waals surface area contributed by atoms with Crippen LogP contribution in [0.5, 0.6) is 0 Å². The first kappa shape index (κ1) is 12.9. The van der Waals surface area contributed by atoms with Gasteiger partial charge in [0.05, 0.1) is 5.69 Å². The summed E-state index contributed by atoms with van der Waals surface area (Å²) >= 11 is 0. The monoisotopic (exact) mass is 243 g/mol. The second-order valence-corrected chi connectivity index (χ2v) is 5.45. The summed E-state index contributed by atoms with van der Waals surface area (Å²) < 4.78 is 5.38. The Morgan fingerprint density at radius 3 is 2.44 bits per heavy atom. The Morgan fingerprint density at radius 2 is 1.83 bits per heavy atom. The van der Waals surface area contributed by atoms with Crippen molar-refractivity contribution in [1.29, 1.82) is 0 Å². The smallest absolute Gasteiger partial charge is 0.141 e. The molecule has 0 spiro atoms. The Labute approximate surface area is 109 Å². The third kappa shape index (κ3) is 3.00. The molecule has 0 N–H and O–H groups in total. The molecule has 0 aliphatic carbocycles. The minimum absolute atomic E-state index is 0.421. The lowest BCUT2D eigenvalue weighted by Crippen LogP contribution is -1.91. The fourth-order valence-electron chi connectivity index (χ4n) is 1.95. The van der Waals surface area contributed by atoms with Crippen LogP contribution in [0.2, 0.25) is 0 Å². The molecule has 0 unspecified atom stereocenters. The average molecular weight is 243 g/mol. The molecule has 1 heterocycles. The number of benzene rings is 1. The SMILES string of the molecule is CC(C)c1cccc(Cc2cc(C(C)C)no2)c1. The number of rotatable bonds is 4. The Morgan fingerprint density at radius 1 is 1.06 bits per heavy atom. The van der Waals surface area contributed by atoms with Crippen LogP contribution in [0.4, 0.5) is 0 Å². The van der Waals surface area contributed by atoms with Gasteiger partial charge in [-0.2, -0.15) is 0 Å². The van der Waals surface area contributed by atoms with E-state index in [2.05, 4.69) is 63.2 Å². The van der Waals surface area contributed by atoms with Crippen LogP contribution < -0.4 is 0 Å². The molecule has 2 aromatic rings. The molecule has 2 heteroatoms. The molecule has 1 aromatic carbocycles. The standard InChI is InChI=1S/C16H21NO/c1-11(2)14-7-5-6-13(8-14)9-15-10-16(12(3)4)17-18-15/h5-8,10-12H,9H2,1-4H3. The quantitative estimate of drug-likeness (QED) is 0.789. The van der Waals surface area contributed by atoms with Crippen LogP contribution in [-0.2, 0) is 6.42 Å². The zero-order valence-electron chi connectivity index (χ0n) is 11.6. The van der Waals surface area contributed by atoms with Gasteiger partial charge in [0.1, 0.15) is 5.76 Å². The van der Waals surface area contributed by atoms with E-state index < -0.39 is 0 Å². The lowest BCUT2D eigenvalue weighted by molar-refractivity contribution is 0.380. The topological polar surface area (TPSA) is 26.0 Å². The van der Waals surface area contributed by atoms with Gasteiger partial charge in [0.15, 0.2) is 0 Å². The molecule has 2 nitrogen and oxygen atoms in total. The van der Waals surface area contributed by atoms with Crippen molar-refractivity contribution in [2.24, 2.45) is 0 Å². The average Bonchev–Trinajstić information content (AvgIpc) is 2.78. The number of hydrogen-bond donors (Lipinski definition) is 0. The zero-order chi connectivity index (χ0) is 13.1. The molecular formula is C16H21NO. The van der Waals surface area contributed by atoms with E-state index in [1.807, 2.05) is 0 Å². The molecule has 2 rings (SSSR count). The summed E-state index contributed by atoms with van der Waals surface area (Å²) in [4.78, 5) is 0. The van der Waals surface area contributed by atoms with Gasteiger partial charge in [-0.1, -0.05) is 57.1 Å². The molecule has 0 aliphatic rings. The van der Waals surface area contributed by atoms with E-state index in [-0.39, 0.29) is 0 Å². The van der Waals surface area contributed by atoms with Crippen LogP contribution in [0.3, 0.4) is 0 Å². The van der Waals surface area contributed by atoms with Crippen LogP contribution >= 0.6 is 0 Å². The lowest BCUT2D eigenvalue weighted by atomic mass is 9.99. The predicted octanol–water partition coefficient (Wildman–Crippen LogP) is 4.51. The highest BCUT2D eigenvalue weighted by molar-refractivity contribution is 5.28. The number of aromatic nitrogens is 1. The third-order valence-corrected chi connectivity index (χ3v) is 3.16. The Bertz CT molecular complexity index is 511. The minimum Gasteiger partial charge on any atom is -0.361 e. The van der Waals surface area contributed by atoms with Gasteiger partial charge in [-0.25, -0.2) is 0 Å². The van der Waals surface area contributed by atoms with Gasteiger partial charge in [0.2, 0.25) is 0 Å². The molecule has 0 saturated carbocycles. The second-order valence-electron chi connectivity index (χ2n) is 5.45. The molecule has 0 fully saturated rings. The fourth-order valence-corrected chi connectivity index (χ4v) is 1.95. The highest BCUT2D eigenvalue weighted by Crippen LogP contribution is 2.20. The third-order valence-electron chi connectivity index (χ3n) is 3.16. The largest absolute Gasteiger partial charge is 0.361 e. The van der Waals surface area contributed by atoms with Gasteiger partial charge >= 0.3 is 0 Å². The van der Waals surface area contributed by atoms with Crippen molar-refractivity contribution in [3.63, 3.8) is 0 Å². The molecule has 0 saturated heterocycles. The van der Waals surface area contributed by atoms with E-state index >= 15 is 0 Å². The van der Waals surface area contributed by atoms with Gasteiger partial charge < -0.3 is 4.52 Å². The Hall–Kier alpha value is -1.57. The van der Waals surface area contributed by atoms with Crippen LogP contribution in [0.1, 0.15) is 62.1 Å². The minimum atomic E-state index is 0.421. The van der Waals surface area contributed by atoms with Gasteiger partial charge in [-0.15, -0.1) is 0 Å². The van der Waals surface area contributed by atoms with Crippen molar-refractivity contribution in [3.8, 4) is 0 Å². The molecule has 96 valence electrons. The van der Waals surface area contributed by atoms with Crippen LogP contribution in [-0.4, -0.2) is 5.16 Å². The van der Waals surface area contributed by atoms with Gasteiger partial charge in [0, 0.05) is 12.5 Å². The fraction of sp³-hybridized carbons (Fsp3) is 0.438. The maximum atomic E-state index is 5.38. The van der Waals surface area contributed by atoms with Crippen LogP contribution in [0.25, 0.3) is 0 Å². The molecular weight excluding hydrogens is 222 g/mol. The summed E-state index contributed by atoms with van der Waals surface area (Å²) in [5, 5.41) is 4.09. The lowest BCUT2D eigenvalue weighted by Gasteiger charge is -2.06. The van der Waals surface area contributed by atoms with Crippen molar-refractivity contribution in [2.45, 2.75) is 46.0 Å². The summed E-state index contributed by atoms with van der Waals surface area (Å²) in [7, 11) is 0. The van der Waals surface area contributed by atoms with Crippen molar-refractivity contribution < 1.29 is 4.52 Å². The predicted molar refractivity (Wildman–Crippen MR) is 73.9 cm³/mol. The highest BCUT2D eigenvalue weighted by Gasteiger charge is 2.08. The van der Waals surface area contributed by atoms with Crippen molar-refractivity contribution in [1.82, 2.24) is 5.16 Å². The molecule has 0 aliphatic heterocycles.